The molecular weight excluding hydrogens is 504 g/mol. The highest BCUT2D eigenvalue weighted by molar-refractivity contribution is 6.22. The smallest absolute Gasteiger partial charge is 0.337 e. The zero-order valence-electron chi connectivity index (χ0n) is 23.7. The monoisotopic (exact) mass is 540 g/mol. The first kappa shape index (κ1) is 29.4. The molecule has 0 radical (unpaired) electrons. The van der Waals surface area contributed by atoms with Crippen LogP contribution in [0.25, 0.3) is 21.9 Å². The van der Waals surface area contributed by atoms with Gasteiger partial charge in [0.25, 0.3) is 0 Å². The van der Waals surface area contributed by atoms with Crippen LogP contribution in [0, 0.1) is 12.8 Å². The van der Waals surface area contributed by atoms with Gasteiger partial charge in [0.15, 0.2) is 28.8 Å². The fraction of sp³-hybridized carbons (Fsp3) is 0.400. The standard InChI is InChI=1S/C30H36O9/c1-9-16(10-2)13-18(31)23-25(30(33)34)22(17-11-12-19(35-4)20(14-17)36-5)24-21(26(23)32)15(3)27(37-6)29(39-8)28(24)38-7/h11-12,14,16,32H,9-10,13H2,1-8H3,(H,33,34). The molecule has 0 aromatic heterocycles. The van der Waals surface area contributed by atoms with Gasteiger partial charge in [-0.1, -0.05) is 32.8 Å². The normalized spacial score (nSPS) is 11.0. The summed E-state index contributed by atoms with van der Waals surface area (Å²) in [5.74, 6) is -0.803. The van der Waals surface area contributed by atoms with Crippen LogP contribution in [0.4, 0.5) is 0 Å². The number of carbonyl (C=O) groups is 2. The van der Waals surface area contributed by atoms with Gasteiger partial charge in [0, 0.05) is 28.3 Å². The summed E-state index contributed by atoms with van der Waals surface area (Å²) in [7, 11) is 7.26. The topological polar surface area (TPSA) is 121 Å². The number of aryl methyl sites for hydroxylation is 1. The second-order valence-electron chi connectivity index (χ2n) is 9.13. The van der Waals surface area contributed by atoms with Gasteiger partial charge in [-0.2, -0.15) is 0 Å². The highest BCUT2D eigenvalue weighted by Crippen LogP contribution is 2.54. The number of fused-ring (bicyclic) bond motifs is 1. The fourth-order valence-electron chi connectivity index (χ4n) is 5.16. The van der Waals surface area contributed by atoms with Crippen molar-refractivity contribution in [2.24, 2.45) is 5.92 Å². The Morgan fingerprint density at radius 3 is 1.87 bits per heavy atom. The number of rotatable bonds is 12. The van der Waals surface area contributed by atoms with E-state index >= 15 is 0 Å². The Labute approximate surface area is 228 Å². The third-order valence-corrected chi connectivity index (χ3v) is 7.23. The van der Waals surface area contributed by atoms with Gasteiger partial charge in [-0.15, -0.1) is 0 Å². The molecule has 0 saturated heterocycles. The maximum Gasteiger partial charge on any atom is 0.337 e. The Balaban J connectivity index is 2.69. The van der Waals surface area contributed by atoms with E-state index < -0.39 is 17.5 Å². The SMILES string of the molecule is CCC(CC)CC(=O)c1c(C(=O)O)c(-c2ccc(OC)c(OC)c2)c2c(OC)c(OC)c(OC)c(C)c2c1O. The van der Waals surface area contributed by atoms with Crippen molar-refractivity contribution >= 4 is 22.5 Å². The number of phenols is 1. The van der Waals surface area contributed by atoms with Crippen LogP contribution in [-0.4, -0.2) is 57.5 Å². The van der Waals surface area contributed by atoms with Crippen molar-refractivity contribution in [1.29, 1.82) is 0 Å². The predicted octanol–water partition coefficient (Wildman–Crippen LogP) is 6.27. The van der Waals surface area contributed by atoms with Crippen LogP contribution in [0.1, 0.15) is 59.4 Å². The molecule has 0 unspecified atom stereocenters. The van der Waals surface area contributed by atoms with Crippen LogP contribution >= 0.6 is 0 Å². The number of Topliss-reactive ketones (excluding diaryl/α,β-unsaturated/α-hetero) is 1. The van der Waals surface area contributed by atoms with Crippen LogP contribution in [0.5, 0.6) is 34.5 Å². The maximum atomic E-state index is 13.8. The molecule has 0 aliphatic carbocycles. The number of ketones is 1. The van der Waals surface area contributed by atoms with Crippen LogP contribution in [-0.2, 0) is 0 Å². The number of methoxy groups -OCH3 is 5. The van der Waals surface area contributed by atoms with Gasteiger partial charge in [0.05, 0.1) is 46.7 Å². The van der Waals surface area contributed by atoms with Gasteiger partial charge in [0.1, 0.15) is 5.75 Å². The summed E-state index contributed by atoms with van der Waals surface area (Å²) < 4.78 is 27.9. The van der Waals surface area contributed by atoms with E-state index in [0.717, 1.165) is 12.8 Å². The molecule has 0 atom stereocenters. The van der Waals surface area contributed by atoms with Crippen molar-refractivity contribution in [3.8, 4) is 45.6 Å². The van der Waals surface area contributed by atoms with Gasteiger partial charge in [-0.3, -0.25) is 4.79 Å². The van der Waals surface area contributed by atoms with Gasteiger partial charge >= 0.3 is 5.97 Å². The second kappa shape index (κ2) is 12.1. The quantitative estimate of drug-likeness (QED) is 0.256. The van der Waals surface area contributed by atoms with Crippen molar-refractivity contribution in [3.05, 3.63) is 34.9 Å². The number of carbonyl (C=O) groups excluding carboxylic acids is 1. The van der Waals surface area contributed by atoms with Crippen LogP contribution < -0.4 is 23.7 Å². The Kier molecular flexibility index (Phi) is 9.16. The summed E-state index contributed by atoms with van der Waals surface area (Å²) in [6.45, 7) is 5.65. The lowest BCUT2D eigenvalue weighted by atomic mass is 9.83. The fourth-order valence-corrected chi connectivity index (χ4v) is 5.16. The molecular formula is C30H36O9. The molecule has 0 amide bonds. The Morgan fingerprint density at radius 1 is 0.795 bits per heavy atom. The minimum atomic E-state index is -1.38. The second-order valence-corrected chi connectivity index (χ2v) is 9.13. The molecule has 3 aromatic rings. The van der Waals surface area contributed by atoms with Crippen molar-refractivity contribution in [2.45, 2.75) is 40.0 Å². The first-order chi connectivity index (χ1) is 18.6. The lowest BCUT2D eigenvalue weighted by molar-refractivity contribution is 0.0691. The maximum absolute atomic E-state index is 13.8. The van der Waals surface area contributed by atoms with Crippen molar-refractivity contribution in [3.63, 3.8) is 0 Å². The van der Waals surface area contributed by atoms with E-state index in [4.69, 9.17) is 23.7 Å². The lowest BCUT2D eigenvalue weighted by Gasteiger charge is -2.24. The molecule has 0 saturated carbocycles. The third kappa shape index (κ3) is 5.01. The number of hydrogen-bond acceptors (Lipinski definition) is 8. The van der Waals surface area contributed by atoms with E-state index in [9.17, 15) is 19.8 Å². The molecule has 39 heavy (non-hydrogen) atoms. The van der Waals surface area contributed by atoms with E-state index in [1.165, 1.54) is 35.5 Å². The molecule has 0 aliphatic rings. The summed E-state index contributed by atoms with van der Waals surface area (Å²) >= 11 is 0. The van der Waals surface area contributed by atoms with E-state index in [0.29, 0.717) is 22.6 Å². The number of hydrogen-bond donors (Lipinski definition) is 2. The van der Waals surface area contributed by atoms with Gasteiger partial charge in [-0.05, 0) is 30.5 Å². The molecule has 3 aromatic carbocycles. The number of carboxylic acids is 1. The summed E-state index contributed by atoms with van der Waals surface area (Å²) in [5, 5.41) is 22.7. The molecule has 0 fully saturated rings. The van der Waals surface area contributed by atoms with Crippen LogP contribution in [0.15, 0.2) is 18.2 Å². The lowest BCUT2D eigenvalue weighted by Crippen LogP contribution is -2.15. The molecule has 210 valence electrons. The summed E-state index contributed by atoms with van der Waals surface area (Å²) in [4.78, 5) is 26.7. The predicted molar refractivity (Wildman–Crippen MR) is 149 cm³/mol. The van der Waals surface area contributed by atoms with E-state index in [1.807, 2.05) is 13.8 Å². The van der Waals surface area contributed by atoms with Crippen molar-refractivity contribution in [2.75, 3.05) is 35.5 Å². The number of phenolic OH excluding ortho intramolecular Hbond substituents is 1. The largest absolute Gasteiger partial charge is 0.506 e. The number of ether oxygens (including phenoxy) is 5. The van der Waals surface area contributed by atoms with Crippen LogP contribution in [0.3, 0.4) is 0 Å². The summed E-state index contributed by atoms with van der Waals surface area (Å²) in [6.07, 6.45) is 1.56. The molecule has 9 heteroatoms. The zero-order chi connectivity index (χ0) is 29.0. The summed E-state index contributed by atoms with van der Waals surface area (Å²) in [6, 6.07) is 4.93. The molecule has 0 aliphatic heterocycles. The molecule has 9 nitrogen and oxygen atoms in total. The Bertz CT molecular complexity index is 1400. The van der Waals surface area contributed by atoms with E-state index in [2.05, 4.69) is 0 Å². The number of carboxylic acid groups (broad SMARTS) is 1. The molecule has 0 heterocycles. The van der Waals surface area contributed by atoms with Gasteiger partial charge in [0.2, 0.25) is 5.75 Å². The average molecular weight is 541 g/mol. The minimum absolute atomic E-state index is 0.0276. The highest BCUT2D eigenvalue weighted by atomic mass is 16.5. The van der Waals surface area contributed by atoms with Crippen LogP contribution in [0.2, 0.25) is 0 Å². The highest BCUT2D eigenvalue weighted by Gasteiger charge is 2.34. The molecule has 0 bridgehead atoms. The first-order valence-electron chi connectivity index (χ1n) is 12.6. The number of benzene rings is 3. The third-order valence-electron chi connectivity index (χ3n) is 7.23. The van der Waals surface area contributed by atoms with E-state index in [1.54, 1.807) is 25.1 Å². The number of aromatic carboxylic acids is 1. The van der Waals surface area contributed by atoms with Gasteiger partial charge < -0.3 is 33.9 Å². The van der Waals surface area contributed by atoms with Crippen molar-refractivity contribution < 1.29 is 43.5 Å². The minimum Gasteiger partial charge on any atom is -0.506 e. The molecule has 3 rings (SSSR count). The van der Waals surface area contributed by atoms with Crippen molar-refractivity contribution in [1.82, 2.24) is 0 Å². The Morgan fingerprint density at radius 2 is 1.38 bits per heavy atom. The molecule has 2 N–H and O–H groups in total. The van der Waals surface area contributed by atoms with E-state index in [-0.39, 0.29) is 57.1 Å². The molecule has 0 spiro atoms. The number of aromatic hydroxyl groups is 1. The zero-order valence-corrected chi connectivity index (χ0v) is 23.7. The average Bonchev–Trinajstić information content (AvgIpc) is 2.94. The van der Waals surface area contributed by atoms with Gasteiger partial charge in [-0.25, -0.2) is 4.79 Å². The Hall–Kier alpha value is -4.14. The summed E-state index contributed by atoms with van der Waals surface area (Å²) in [5.41, 5.74) is 0.441. The first-order valence-corrected chi connectivity index (χ1v) is 12.6.